The lowest BCUT2D eigenvalue weighted by molar-refractivity contribution is -0.130. The molecule has 132 valence electrons. The molecule has 0 atom stereocenters. The molecule has 0 bridgehead atoms. The Kier molecular flexibility index (Phi) is 6.59. The summed E-state index contributed by atoms with van der Waals surface area (Å²) in [6.45, 7) is 3.10. The second kappa shape index (κ2) is 8.67. The molecular weight excluding hydrogens is 336 g/mol. The van der Waals surface area contributed by atoms with Gasteiger partial charge in [0.25, 0.3) is 5.91 Å². The first-order chi connectivity index (χ1) is 11.9. The van der Waals surface area contributed by atoms with Crippen LogP contribution in [-0.2, 0) is 17.8 Å². The Hall–Kier alpha value is -2.33. The van der Waals surface area contributed by atoms with E-state index in [0.717, 1.165) is 11.1 Å². The minimum Gasteiger partial charge on any atom is -0.345 e. The van der Waals surface area contributed by atoms with E-state index in [1.165, 1.54) is 0 Å². The van der Waals surface area contributed by atoms with E-state index in [2.05, 4.69) is 0 Å². The third-order valence-electron chi connectivity index (χ3n) is 3.96. The van der Waals surface area contributed by atoms with Crippen LogP contribution >= 0.6 is 11.6 Å². The van der Waals surface area contributed by atoms with Crippen LogP contribution in [0.3, 0.4) is 0 Å². The van der Waals surface area contributed by atoms with E-state index in [4.69, 9.17) is 11.6 Å². The highest BCUT2D eigenvalue weighted by Gasteiger charge is 2.14. The summed E-state index contributed by atoms with van der Waals surface area (Å²) >= 11 is 5.98. The van der Waals surface area contributed by atoms with E-state index in [1.807, 2.05) is 37.3 Å². The number of rotatable bonds is 6. The number of nitrogens with zero attached hydrogens (tertiary/aromatic N) is 2. The zero-order valence-electron chi connectivity index (χ0n) is 14.8. The molecule has 0 aliphatic carbocycles. The van der Waals surface area contributed by atoms with Crippen LogP contribution in [0.1, 0.15) is 28.4 Å². The molecule has 25 heavy (non-hydrogen) atoms. The van der Waals surface area contributed by atoms with E-state index in [1.54, 1.807) is 42.1 Å². The first-order valence-corrected chi connectivity index (χ1v) is 8.61. The molecule has 4 nitrogen and oxygen atoms in total. The summed E-state index contributed by atoms with van der Waals surface area (Å²) in [5.41, 5.74) is 2.54. The normalized spacial score (nSPS) is 10.4. The molecule has 0 radical (unpaired) electrons. The Morgan fingerprint density at radius 2 is 1.68 bits per heavy atom. The summed E-state index contributed by atoms with van der Waals surface area (Å²) in [6, 6.07) is 14.7. The van der Waals surface area contributed by atoms with Crippen molar-refractivity contribution in [2.24, 2.45) is 0 Å². The molecule has 2 aromatic rings. The molecule has 2 aromatic carbocycles. The Bertz CT molecular complexity index is 742. The van der Waals surface area contributed by atoms with Crippen molar-refractivity contribution in [3.05, 3.63) is 70.2 Å². The van der Waals surface area contributed by atoms with Gasteiger partial charge in [-0.25, -0.2) is 0 Å². The average Bonchev–Trinajstić information content (AvgIpc) is 2.59. The highest BCUT2D eigenvalue weighted by atomic mass is 35.5. The van der Waals surface area contributed by atoms with E-state index in [0.29, 0.717) is 30.1 Å². The van der Waals surface area contributed by atoms with Crippen molar-refractivity contribution in [2.75, 3.05) is 20.6 Å². The number of halogens is 1. The number of carbonyl (C=O) groups is 2. The zero-order valence-corrected chi connectivity index (χ0v) is 15.6. The molecule has 0 saturated heterocycles. The van der Waals surface area contributed by atoms with Crippen LogP contribution in [0.4, 0.5) is 0 Å². The van der Waals surface area contributed by atoms with Crippen LogP contribution in [-0.4, -0.2) is 42.3 Å². The summed E-state index contributed by atoms with van der Waals surface area (Å²) in [7, 11) is 3.45. The van der Waals surface area contributed by atoms with Crippen molar-refractivity contribution in [3.8, 4) is 0 Å². The number of amides is 2. The number of carbonyl (C=O) groups excluding carboxylic acids is 2. The van der Waals surface area contributed by atoms with Crippen LogP contribution in [0.2, 0.25) is 5.02 Å². The van der Waals surface area contributed by atoms with E-state index in [9.17, 15) is 9.59 Å². The van der Waals surface area contributed by atoms with Gasteiger partial charge in [0.2, 0.25) is 5.91 Å². The molecule has 2 amide bonds. The molecule has 0 aliphatic rings. The molecule has 0 saturated carbocycles. The van der Waals surface area contributed by atoms with Crippen LogP contribution in [0.5, 0.6) is 0 Å². The maximum absolute atomic E-state index is 12.5. The Morgan fingerprint density at radius 1 is 1.00 bits per heavy atom. The minimum absolute atomic E-state index is 0.0315. The summed E-state index contributed by atoms with van der Waals surface area (Å²) in [5, 5.41) is 0.634. The van der Waals surface area contributed by atoms with Crippen molar-refractivity contribution < 1.29 is 9.59 Å². The topological polar surface area (TPSA) is 40.6 Å². The number of hydrogen-bond donors (Lipinski definition) is 0. The van der Waals surface area contributed by atoms with Crippen LogP contribution in [0, 0.1) is 0 Å². The molecular formula is C20H23ClN2O2. The van der Waals surface area contributed by atoms with Gasteiger partial charge in [-0.3, -0.25) is 9.59 Å². The van der Waals surface area contributed by atoms with Gasteiger partial charge >= 0.3 is 0 Å². The van der Waals surface area contributed by atoms with Gasteiger partial charge in [-0.05, 0) is 42.3 Å². The molecule has 0 unspecified atom stereocenters. The summed E-state index contributed by atoms with van der Waals surface area (Å²) in [5.74, 6) is 0.0224. The molecule has 0 aromatic heterocycles. The largest absolute Gasteiger partial charge is 0.345 e. The van der Waals surface area contributed by atoms with Gasteiger partial charge in [0.1, 0.15) is 0 Å². The maximum atomic E-state index is 12.5. The van der Waals surface area contributed by atoms with Crippen LogP contribution in [0.25, 0.3) is 0 Å². The highest BCUT2D eigenvalue weighted by molar-refractivity contribution is 6.30. The second-order valence-corrected chi connectivity index (χ2v) is 6.55. The molecule has 2 rings (SSSR count). The van der Waals surface area contributed by atoms with E-state index >= 15 is 0 Å². The number of hydrogen-bond acceptors (Lipinski definition) is 2. The Morgan fingerprint density at radius 3 is 2.24 bits per heavy atom. The van der Waals surface area contributed by atoms with Crippen molar-refractivity contribution in [1.82, 2.24) is 9.80 Å². The number of benzene rings is 2. The smallest absolute Gasteiger partial charge is 0.253 e. The maximum Gasteiger partial charge on any atom is 0.253 e. The quantitative estimate of drug-likeness (QED) is 0.791. The Balaban J connectivity index is 2.03. The monoisotopic (exact) mass is 358 g/mol. The van der Waals surface area contributed by atoms with Gasteiger partial charge in [-0.2, -0.15) is 0 Å². The third kappa shape index (κ3) is 5.33. The van der Waals surface area contributed by atoms with E-state index in [-0.39, 0.29) is 11.8 Å². The van der Waals surface area contributed by atoms with Crippen molar-refractivity contribution in [3.63, 3.8) is 0 Å². The van der Waals surface area contributed by atoms with Gasteiger partial charge in [-0.15, -0.1) is 0 Å². The summed E-state index contributed by atoms with van der Waals surface area (Å²) < 4.78 is 0. The fourth-order valence-corrected chi connectivity index (χ4v) is 2.75. The van der Waals surface area contributed by atoms with Crippen molar-refractivity contribution in [2.45, 2.75) is 19.9 Å². The summed E-state index contributed by atoms with van der Waals surface area (Å²) in [4.78, 5) is 27.8. The van der Waals surface area contributed by atoms with E-state index < -0.39 is 0 Å². The first-order valence-electron chi connectivity index (χ1n) is 8.23. The lowest BCUT2D eigenvalue weighted by Crippen LogP contribution is -2.31. The zero-order chi connectivity index (χ0) is 18.4. The molecule has 5 heteroatoms. The standard InChI is InChI=1S/C20H23ClN2O2/c1-4-23(19(24)13-16-6-5-7-18(21)12-16)14-15-8-10-17(11-9-15)20(25)22(2)3/h5-12H,4,13-14H2,1-3H3. The number of likely N-dealkylation sites (N-methyl/N-ethyl adjacent to an activating group) is 1. The average molecular weight is 359 g/mol. The Labute approximate surface area is 154 Å². The van der Waals surface area contributed by atoms with Crippen LogP contribution in [0.15, 0.2) is 48.5 Å². The molecule has 0 N–H and O–H groups in total. The molecule has 0 heterocycles. The summed E-state index contributed by atoms with van der Waals surface area (Å²) in [6.07, 6.45) is 0.325. The predicted molar refractivity (Wildman–Crippen MR) is 101 cm³/mol. The SMILES string of the molecule is CCN(Cc1ccc(C(=O)N(C)C)cc1)C(=O)Cc1cccc(Cl)c1. The second-order valence-electron chi connectivity index (χ2n) is 6.11. The lowest BCUT2D eigenvalue weighted by atomic mass is 10.1. The van der Waals surface area contributed by atoms with Crippen molar-refractivity contribution in [1.29, 1.82) is 0 Å². The molecule has 0 spiro atoms. The fourth-order valence-electron chi connectivity index (χ4n) is 2.54. The van der Waals surface area contributed by atoms with Crippen LogP contribution < -0.4 is 0 Å². The molecule has 0 aliphatic heterocycles. The van der Waals surface area contributed by atoms with Gasteiger partial charge in [0.15, 0.2) is 0 Å². The van der Waals surface area contributed by atoms with Crippen molar-refractivity contribution >= 4 is 23.4 Å². The third-order valence-corrected chi connectivity index (χ3v) is 4.19. The first kappa shape index (κ1) is 19.0. The fraction of sp³-hybridized carbons (Fsp3) is 0.300. The lowest BCUT2D eigenvalue weighted by Gasteiger charge is -2.21. The highest BCUT2D eigenvalue weighted by Crippen LogP contribution is 2.14. The predicted octanol–water partition coefficient (Wildman–Crippen LogP) is 3.63. The minimum atomic E-state index is -0.0315. The van der Waals surface area contributed by atoms with Gasteiger partial charge in [0.05, 0.1) is 6.42 Å². The molecule has 0 fully saturated rings. The van der Waals surface area contributed by atoms with Gasteiger partial charge in [0, 0.05) is 37.8 Å². The van der Waals surface area contributed by atoms with Gasteiger partial charge < -0.3 is 9.80 Å². The van der Waals surface area contributed by atoms with Gasteiger partial charge in [-0.1, -0.05) is 35.9 Å².